The van der Waals surface area contributed by atoms with E-state index in [2.05, 4.69) is 22.9 Å². The molecule has 1 aromatic carbocycles. The molecular formula is C21H28N4O4S. The molecule has 1 heterocycles. The summed E-state index contributed by atoms with van der Waals surface area (Å²) in [7, 11) is 0. The number of ether oxygens (including phenoxy) is 1. The Morgan fingerprint density at radius 1 is 1.27 bits per heavy atom. The molecule has 9 heteroatoms. The van der Waals surface area contributed by atoms with Crippen molar-refractivity contribution in [2.45, 2.75) is 51.1 Å². The molecule has 2 amide bonds. The van der Waals surface area contributed by atoms with Crippen molar-refractivity contribution in [1.82, 2.24) is 10.6 Å². The van der Waals surface area contributed by atoms with Crippen molar-refractivity contribution in [3.8, 4) is 0 Å². The number of anilines is 1. The molecular weight excluding hydrogens is 404 g/mol. The van der Waals surface area contributed by atoms with Gasteiger partial charge in [0.1, 0.15) is 18.7 Å². The van der Waals surface area contributed by atoms with E-state index >= 15 is 0 Å². The van der Waals surface area contributed by atoms with Gasteiger partial charge in [0.15, 0.2) is 10.9 Å². The monoisotopic (exact) mass is 432 g/mol. The fourth-order valence-electron chi connectivity index (χ4n) is 4.09. The first-order valence-electron chi connectivity index (χ1n) is 10.1. The van der Waals surface area contributed by atoms with Crippen molar-refractivity contribution in [1.29, 1.82) is 0 Å². The molecule has 3 rings (SSSR count). The second kappa shape index (κ2) is 9.53. The lowest BCUT2D eigenvalue weighted by atomic mass is 9.81. The predicted molar refractivity (Wildman–Crippen MR) is 117 cm³/mol. The molecule has 30 heavy (non-hydrogen) atoms. The maximum absolute atomic E-state index is 12.9. The molecule has 5 N–H and O–H groups in total. The third-order valence-corrected chi connectivity index (χ3v) is 5.88. The van der Waals surface area contributed by atoms with Crippen LogP contribution in [0.1, 0.15) is 49.4 Å². The van der Waals surface area contributed by atoms with E-state index in [0.717, 1.165) is 25.7 Å². The Labute approximate surface area is 181 Å². The average Bonchev–Trinajstić information content (AvgIpc) is 3.30. The fraction of sp³-hybridized carbons (Fsp3) is 0.524. The summed E-state index contributed by atoms with van der Waals surface area (Å²) in [6.07, 6.45) is 4.78. The molecule has 1 aliphatic heterocycles. The van der Waals surface area contributed by atoms with E-state index < -0.39 is 12.1 Å². The summed E-state index contributed by atoms with van der Waals surface area (Å²) < 4.78 is 5.12. The molecule has 1 aromatic rings. The van der Waals surface area contributed by atoms with Gasteiger partial charge < -0.3 is 26.4 Å². The second-order valence-corrected chi connectivity index (χ2v) is 8.80. The number of carbonyl (C=O) groups is 3. The van der Waals surface area contributed by atoms with E-state index in [9.17, 15) is 14.4 Å². The largest absolute Gasteiger partial charge is 0.376 e. The molecule has 0 radical (unpaired) electrons. The van der Waals surface area contributed by atoms with Gasteiger partial charge in [-0.2, -0.15) is 0 Å². The van der Waals surface area contributed by atoms with Crippen molar-refractivity contribution in [3.05, 3.63) is 29.8 Å². The van der Waals surface area contributed by atoms with Crippen LogP contribution in [0.2, 0.25) is 0 Å². The Morgan fingerprint density at radius 2 is 1.93 bits per heavy atom. The molecule has 2 aliphatic rings. The van der Waals surface area contributed by atoms with Crippen LogP contribution in [0, 0.1) is 5.41 Å². The van der Waals surface area contributed by atoms with Crippen LogP contribution >= 0.6 is 12.2 Å². The van der Waals surface area contributed by atoms with Crippen LogP contribution in [-0.4, -0.2) is 48.0 Å². The molecule has 0 aromatic heterocycles. The normalized spacial score (nSPS) is 21.1. The lowest BCUT2D eigenvalue weighted by Gasteiger charge is -2.29. The third kappa shape index (κ3) is 5.76. The number of amides is 2. The summed E-state index contributed by atoms with van der Waals surface area (Å²) in [5.41, 5.74) is 6.52. The van der Waals surface area contributed by atoms with Crippen LogP contribution in [0.25, 0.3) is 0 Å². The zero-order chi connectivity index (χ0) is 21.7. The first kappa shape index (κ1) is 22.2. The summed E-state index contributed by atoms with van der Waals surface area (Å²) in [6, 6.07) is 5.26. The van der Waals surface area contributed by atoms with Crippen LogP contribution in [0.3, 0.4) is 0 Å². The average molecular weight is 433 g/mol. The number of rotatable bonds is 7. The van der Waals surface area contributed by atoms with Crippen molar-refractivity contribution < 1.29 is 19.1 Å². The highest BCUT2D eigenvalue weighted by Crippen LogP contribution is 2.41. The summed E-state index contributed by atoms with van der Waals surface area (Å²) in [4.78, 5) is 37.6. The summed E-state index contributed by atoms with van der Waals surface area (Å²) >= 11 is 4.80. The zero-order valence-electron chi connectivity index (χ0n) is 17.0. The number of nitrogens with one attached hydrogen (secondary N) is 3. The SMILES string of the molecule is CC1(CC(NC(=O)c2ccc(NC(N)=S)cc2)C(=O)NC2COCC2=O)CCCC1. The van der Waals surface area contributed by atoms with Crippen molar-refractivity contribution >= 4 is 40.6 Å². The molecule has 1 aliphatic carbocycles. The van der Waals surface area contributed by atoms with E-state index in [1.54, 1.807) is 24.3 Å². The van der Waals surface area contributed by atoms with Gasteiger partial charge in [-0.3, -0.25) is 14.4 Å². The van der Waals surface area contributed by atoms with E-state index in [4.69, 9.17) is 22.7 Å². The first-order chi connectivity index (χ1) is 14.3. The highest BCUT2D eigenvalue weighted by molar-refractivity contribution is 7.80. The van der Waals surface area contributed by atoms with Crippen LogP contribution in [-0.2, 0) is 14.3 Å². The van der Waals surface area contributed by atoms with Crippen LogP contribution < -0.4 is 21.7 Å². The number of nitrogens with two attached hydrogens (primary N) is 1. The molecule has 162 valence electrons. The first-order valence-corrected chi connectivity index (χ1v) is 10.5. The summed E-state index contributed by atoms with van der Waals surface area (Å²) in [5, 5.41) is 8.54. The highest BCUT2D eigenvalue weighted by Gasteiger charge is 2.37. The summed E-state index contributed by atoms with van der Waals surface area (Å²) in [6.45, 7) is 2.32. The molecule has 1 saturated heterocycles. The van der Waals surface area contributed by atoms with Crippen LogP contribution in [0.5, 0.6) is 0 Å². The zero-order valence-corrected chi connectivity index (χ0v) is 17.8. The lowest BCUT2D eigenvalue weighted by molar-refractivity contribution is -0.127. The Hall–Kier alpha value is -2.52. The third-order valence-electron chi connectivity index (χ3n) is 5.78. The lowest BCUT2D eigenvalue weighted by Crippen LogP contribution is -2.52. The van der Waals surface area contributed by atoms with Gasteiger partial charge in [-0.15, -0.1) is 0 Å². The molecule has 1 saturated carbocycles. The number of ketones is 1. The predicted octanol–water partition coefficient (Wildman–Crippen LogP) is 1.49. The number of hydrogen-bond donors (Lipinski definition) is 4. The van der Waals surface area contributed by atoms with Gasteiger partial charge in [-0.05, 0) is 61.2 Å². The molecule has 2 atom stereocenters. The fourth-order valence-corrected chi connectivity index (χ4v) is 4.21. The minimum Gasteiger partial charge on any atom is -0.376 e. The standard InChI is InChI=1S/C21H28N4O4S/c1-21(8-2-3-9-21)10-15(19(28)25-16-11-29-12-17(16)26)24-18(27)13-4-6-14(7-5-13)23-20(22)30/h4-7,15-16H,2-3,8-12H2,1H3,(H,24,27)(H,25,28)(H3,22,23,30). The number of carbonyl (C=O) groups excluding carboxylic acids is 3. The van der Waals surface area contributed by atoms with E-state index in [1.165, 1.54) is 0 Å². The molecule has 8 nitrogen and oxygen atoms in total. The van der Waals surface area contributed by atoms with Crippen molar-refractivity contribution in [2.24, 2.45) is 11.1 Å². The van der Waals surface area contributed by atoms with Crippen LogP contribution in [0.4, 0.5) is 5.69 Å². The Kier molecular flexibility index (Phi) is 7.04. The second-order valence-electron chi connectivity index (χ2n) is 8.36. The molecule has 2 unspecified atom stereocenters. The highest BCUT2D eigenvalue weighted by atomic mass is 32.1. The van der Waals surface area contributed by atoms with Crippen molar-refractivity contribution in [3.63, 3.8) is 0 Å². The van der Waals surface area contributed by atoms with Gasteiger partial charge in [0, 0.05) is 11.3 Å². The van der Waals surface area contributed by atoms with E-state index in [0.29, 0.717) is 17.7 Å². The molecule has 2 fully saturated rings. The van der Waals surface area contributed by atoms with Crippen molar-refractivity contribution in [2.75, 3.05) is 18.5 Å². The topological polar surface area (TPSA) is 123 Å². The maximum Gasteiger partial charge on any atom is 0.251 e. The summed E-state index contributed by atoms with van der Waals surface area (Å²) in [5.74, 6) is -0.860. The quantitative estimate of drug-likeness (QED) is 0.482. The van der Waals surface area contributed by atoms with Gasteiger partial charge in [0.2, 0.25) is 5.91 Å². The van der Waals surface area contributed by atoms with E-state index in [1.807, 2.05) is 0 Å². The number of hydrogen-bond acceptors (Lipinski definition) is 5. The number of Topliss-reactive ketones (excluding diaryl/α,β-unsaturated/α-hetero) is 1. The Balaban J connectivity index is 1.70. The molecule has 0 bridgehead atoms. The van der Waals surface area contributed by atoms with Gasteiger partial charge >= 0.3 is 0 Å². The Morgan fingerprint density at radius 3 is 2.50 bits per heavy atom. The van der Waals surface area contributed by atoms with Gasteiger partial charge in [0.05, 0.1) is 6.61 Å². The van der Waals surface area contributed by atoms with Gasteiger partial charge in [-0.1, -0.05) is 19.8 Å². The minimum absolute atomic E-state index is 0.00626. The maximum atomic E-state index is 12.9. The minimum atomic E-state index is -0.733. The van der Waals surface area contributed by atoms with Gasteiger partial charge in [0.25, 0.3) is 5.91 Å². The Bertz CT molecular complexity index is 821. The number of benzene rings is 1. The molecule has 0 spiro atoms. The van der Waals surface area contributed by atoms with Crippen LogP contribution in [0.15, 0.2) is 24.3 Å². The smallest absolute Gasteiger partial charge is 0.251 e. The van der Waals surface area contributed by atoms with Gasteiger partial charge in [-0.25, -0.2) is 0 Å². The number of thiocarbonyl (C=S) groups is 1. The van der Waals surface area contributed by atoms with E-state index in [-0.39, 0.29) is 41.3 Å².